The number of carbonyl (C=O) groups is 2. The van der Waals surface area contributed by atoms with Crippen molar-refractivity contribution in [3.05, 3.63) is 41.2 Å². The first-order chi connectivity index (χ1) is 8.95. The molecule has 102 valence electrons. The Morgan fingerprint density at radius 1 is 1.42 bits per heavy atom. The fourth-order valence-electron chi connectivity index (χ4n) is 1.26. The number of hydrogen-bond donors (Lipinski definition) is 0. The highest BCUT2D eigenvalue weighted by molar-refractivity contribution is 6.30. The molecule has 0 N–H and O–H groups in total. The summed E-state index contributed by atoms with van der Waals surface area (Å²) < 4.78 is 17.9. The van der Waals surface area contributed by atoms with Crippen LogP contribution in [0.25, 0.3) is 0 Å². The number of benzene rings is 1. The Hall–Kier alpha value is -1.88. The molecule has 1 rings (SSSR count). The van der Waals surface area contributed by atoms with Crippen molar-refractivity contribution in [3.63, 3.8) is 0 Å². The van der Waals surface area contributed by atoms with Crippen molar-refractivity contribution < 1.29 is 18.7 Å². The third-order valence-corrected chi connectivity index (χ3v) is 2.58. The van der Waals surface area contributed by atoms with Crippen LogP contribution in [0.3, 0.4) is 0 Å². The number of ether oxygens (including phenoxy) is 1. The van der Waals surface area contributed by atoms with Crippen LogP contribution in [0.4, 0.5) is 10.1 Å². The van der Waals surface area contributed by atoms with Gasteiger partial charge in [-0.15, -0.1) is 0 Å². The summed E-state index contributed by atoms with van der Waals surface area (Å²) in [7, 11) is 1.46. The van der Waals surface area contributed by atoms with Crippen molar-refractivity contribution in [1.29, 1.82) is 0 Å². The van der Waals surface area contributed by atoms with E-state index in [0.717, 1.165) is 18.2 Å². The van der Waals surface area contributed by atoms with Crippen LogP contribution in [0.15, 0.2) is 30.4 Å². The molecule has 0 aliphatic heterocycles. The van der Waals surface area contributed by atoms with Gasteiger partial charge in [-0.3, -0.25) is 4.79 Å². The number of carbonyl (C=O) groups excluding carboxylic acids is 2. The fraction of sp³-hybridized carbons (Fsp3) is 0.231. The zero-order valence-electron chi connectivity index (χ0n) is 10.5. The topological polar surface area (TPSA) is 46.6 Å². The molecule has 0 atom stereocenters. The molecule has 0 spiro atoms. The summed E-state index contributed by atoms with van der Waals surface area (Å²) in [4.78, 5) is 24.0. The van der Waals surface area contributed by atoms with E-state index in [1.54, 1.807) is 6.92 Å². The highest BCUT2D eigenvalue weighted by Crippen LogP contribution is 2.21. The highest BCUT2D eigenvalue weighted by Gasteiger charge is 2.10. The van der Waals surface area contributed by atoms with E-state index in [1.807, 2.05) is 0 Å². The average Bonchev–Trinajstić information content (AvgIpc) is 2.38. The molecule has 0 radical (unpaired) electrons. The maximum absolute atomic E-state index is 13.3. The molecule has 0 aromatic heterocycles. The second-order valence-electron chi connectivity index (χ2n) is 3.58. The van der Waals surface area contributed by atoms with E-state index in [4.69, 9.17) is 11.6 Å². The van der Waals surface area contributed by atoms with Crippen molar-refractivity contribution in [3.8, 4) is 0 Å². The lowest BCUT2D eigenvalue weighted by molar-refractivity contribution is -0.137. The summed E-state index contributed by atoms with van der Waals surface area (Å²) in [5.41, 5.74) is 0.334. The summed E-state index contributed by atoms with van der Waals surface area (Å²) in [5, 5.41) is -0.0216. The minimum atomic E-state index is -0.617. The minimum absolute atomic E-state index is 0.0216. The van der Waals surface area contributed by atoms with Gasteiger partial charge < -0.3 is 9.64 Å². The molecule has 0 saturated heterocycles. The van der Waals surface area contributed by atoms with Crippen molar-refractivity contribution in [1.82, 2.24) is 0 Å². The Kier molecular flexibility index (Phi) is 5.51. The number of rotatable bonds is 4. The van der Waals surface area contributed by atoms with Crippen LogP contribution in [0, 0.1) is 5.82 Å². The van der Waals surface area contributed by atoms with Gasteiger partial charge in [-0.05, 0) is 25.1 Å². The zero-order valence-corrected chi connectivity index (χ0v) is 11.3. The molecule has 0 saturated carbocycles. The molecule has 19 heavy (non-hydrogen) atoms. The second kappa shape index (κ2) is 6.89. The summed E-state index contributed by atoms with van der Waals surface area (Å²) in [6, 6.07) is 3.99. The first-order valence-corrected chi connectivity index (χ1v) is 5.91. The van der Waals surface area contributed by atoms with Gasteiger partial charge in [0.25, 0.3) is 5.91 Å². The smallest absolute Gasteiger partial charge is 0.330 e. The van der Waals surface area contributed by atoms with Crippen molar-refractivity contribution >= 4 is 29.2 Å². The van der Waals surface area contributed by atoms with Crippen molar-refractivity contribution in [2.75, 3.05) is 18.6 Å². The largest absolute Gasteiger partial charge is 0.463 e. The minimum Gasteiger partial charge on any atom is -0.463 e. The molecule has 0 aliphatic carbocycles. The van der Waals surface area contributed by atoms with Crippen LogP contribution in [-0.2, 0) is 14.3 Å². The summed E-state index contributed by atoms with van der Waals surface area (Å²) >= 11 is 5.55. The standard InChI is InChI=1S/C13H13ClFNO3/c1-3-19-13(18)7-6-12(17)16(2)9-4-5-10(14)11(15)8-9/h4-8H,3H2,1-2H3/b7-6-. The Morgan fingerprint density at radius 2 is 2.11 bits per heavy atom. The fourth-order valence-corrected chi connectivity index (χ4v) is 1.38. The van der Waals surface area contributed by atoms with Crippen LogP contribution in [0.5, 0.6) is 0 Å². The molecule has 0 heterocycles. The van der Waals surface area contributed by atoms with Crippen LogP contribution >= 0.6 is 11.6 Å². The number of anilines is 1. The van der Waals surface area contributed by atoms with E-state index in [9.17, 15) is 14.0 Å². The second-order valence-corrected chi connectivity index (χ2v) is 3.99. The third kappa shape index (κ3) is 4.37. The molecular weight excluding hydrogens is 273 g/mol. The van der Waals surface area contributed by atoms with E-state index in [0.29, 0.717) is 5.69 Å². The van der Waals surface area contributed by atoms with Gasteiger partial charge in [0.2, 0.25) is 0 Å². The van der Waals surface area contributed by atoms with Crippen LogP contribution < -0.4 is 4.90 Å². The summed E-state index contributed by atoms with van der Waals surface area (Å²) in [5.74, 6) is -1.70. The normalized spacial score (nSPS) is 10.5. The Bertz CT molecular complexity index is 517. The van der Waals surface area contributed by atoms with Gasteiger partial charge >= 0.3 is 5.97 Å². The van der Waals surface area contributed by atoms with E-state index in [-0.39, 0.29) is 11.6 Å². The SMILES string of the molecule is CCOC(=O)/C=C\C(=O)N(C)c1ccc(Cl)c(F)c1. The quantitative estimate of drug-likeness (QED) is 0.631. The first-order valence-electron chi connectivity index (χ1n) is 5.53. The van der Waals surface area contributed by atoms with E-state index in [1.165, 1.54) is 24.1 Å². The summed E-state index contributed by atoms with van der Waals surface area (Å²) in [6.07, 6.45) is 2.08. The van der Waals surface area contributed by atoms with E-state index in [2.05, 4.69) is 4.74 Å². The number of esters is 1. The molecule has 0 fully saturated rings. The number of halogens is 2. The molecule has 0 bridgehead atoms. The average molecular weight is 286 g/mol. The molecule has 6 heteroatoms. The molecule has 4 nitrogen and oxygen atoms in total. The Balaban J connectivity index is 2.76. The van der Waals surface area contributed by atoms with Crippen LogP contribution in [-0.4, -0.2) is 25.5 Å². The molecule has 1 aromatic carbocycles. The zero-order chi connectivity index (χ0) is 14.4. The summed E-state index contributed by atoms with van der Waals surface area (Å²) in [6.45, 7) is 1.89. The van der Waals surface area contributed by atoms with Gasteiger partial charge in [0.05, 0.1) is 11.6 Å². The van der Waals surface area contributed by atoms with E-state index < -0.39 is 17.7 Å². The molecule has 0 aliphatic rings. The van der Waals surface area contributed by atoms with Crippen LogP contribution in [0.2, 0.25) is 5.02 Å². The lowest BCUT2D eigenvalue weighted by Gasteiger charge is -2.15. The van der Waals surface area contributed by atoms with Gasteiger partial charge in [-0.2, -0.15) is 0 Å². The maximum Gasteiger partial charge on any atom is 0.330 e. The van der Waals surface area contributed by atoms with Gasteiger partial charge in [-0.1, -0.05) is 11.6 Å². The van der Waals surface area contributed by atoms with Gasteiger partial charge in [0.1, 0.15) is 5.82 Å². The molecule has 1 aromatic rings. The lowest BCUT2D eigenvalue weighted by Crippen LogP contribution is -2.24. The van der Waals surface area contributed by atoms with Gasteiger partial charge in [0.15, 0.2) is 0 Å². The van der Waals surface area contributed by atoms with Crippen molar-refractivity contribution in [2.24, 2.45) is 0 Å². The Morgan fingerprint density at radius 3 is 2.68 bits per heavy atom. The number of nitrogens with zero attached hydrogens (tertiary/aromatic N) is 1. The number of likely N-dealkylation sites (N-methyl/N-ethyl adjacent to an activating group) is 1. The molecule has 0 unspecified atom stereocenters. The number of hydrogen-bond acceptors (Lipinski definition) is 3. The van der Waals surface area contributed by atoms with E-state index >= 15 is 0 Å². The highest BCUT2D eigenvalue weighted by atomic mass is 35.5. The third-order valence-electron chi connectivity index (χ3n) is 2.27. The first kappa shape index (κ1) is 15.2. The predicted molar refractivity (Wildman–Crippen MR) is 70.6 cm³/mol. The molecular formula is C13H13ClFNO3. The van der Waals surface area contributed by atoms with Crippen LogP contribution in [0.1, 0.15) is 6.92 Å². The van der Waals surface area contributed by atoms with Gasteiger partial charge in [-0.25, -0.2) is 9.18 Å². The maximum atomic E-state index is 13.3. The Labute approximate surface area is 115 Å². The van der Waals surface area contributed by atoms with Crippen molar-refractivity contribution in [2.45, 2.75) is 6.92 Å². The predicted octanol–water partition coefficient (Wildman–Crippen LogP) is 2.56. The monoisotopic (exact) mass is 285 g/mol. The lowest BCUT2D eigenvalue weighted by atomic mass is 10.3. The van der Waals surface area contributed by atoms with Gasteiger partial charge in [0, 0.05) is 24.9 Å². The number of amides is 1. The molecule has 1 amide bonds.